The first-order chi connectivity index (χ1) is 16.1. The standard InChI is InChI=1S/C24H24BrClN6O/c25-20-15-29-32-22(28-14-16-3-2-8-27-13-16)12-21(30-23(20)32)17-6-9-31(10-7-17)24(33)18-4-1-5-19(26)11-18/h1-4,8,11-13,15,17,19,28H,5-7,9-10,14H2. The maximum atomic E-state index is 12.9. The third-order valence-electron chi connectivity index (χ3n) is 6.11. The predicted octanol–water partition coefficient (Wildman–Crippen LogP) is 4.70. The average molecular weight is 528 g/mol. The highest BCUT2D eigenvalue weighted by molar-refractivity contribution is 9.10. The molecule has 1 aliphatic heterocycles. The van der Waals surface area contributed by atoms with Gasteiger partial charge in [0.05, 0.1) is 16.0 Å². The molecule has 0 aromatic carbocycles. The second-order valence-electron chi connectivity index (χ2n) is 8.35. The van der Waals surface area contributed by atoms with Crippen molar-refractivity contribution < 1.29 is 4.79 Å². The molecule has 1 fully saturated rings. The van der Waals surface area contributed by atoms with Crippen LogP contribution in [0.2, 0.25) is 0 Å². The third kappa shape index (κ3) is 4.82. The molecule has 0 saturated carbocycles. The number of nitrogens with one attached hydrogen (secondary N) is 1. The van der Waals surface area contributed by atoms with Gasteiger partial charge in [-0.05, 0) is 46.8 Å². The Balaban J connectivity index is 1.32. The zero-order valence-corrected chi connectivity index (χ0v) is 20.3. The second-order valence-corrected chi connectivity index (χ2v) is 9.77. The molecule has 2 aliphatic rings. The lowest BCUT2D eigenvalue weighted by Crippen LogP contribution is -2.39. The number of carbonyl (C=O) groups is 1. The summed E-state index contributed by atoms with van der Waals surface area (Å²) in [6.07, 6.45) is 13.6. The highest BCUT2D eigenvalue weighted by Gasteiger charge is 2.27. The summed E-state index contributed by atoms with van der Waals surface area (Å²) in [5, 5.41) is 7.84. The minimum absolute atomic E-state index is 0.0656. The number of aromatic nitrogens is 4. The van der Waals surface area contributed by atoms with Gasteiger partial charge in [-0.3, -0.25) is 9.78 Å². The fourth-order valence-corrected chi connectivity index (χ4v) is 4.92. The largest absolute Gasteiger partial charge is 0.366 e. The first-order valence-electron chi connectivity index (χ1n) is 11.1. The molecule has 0 bridgehead atoms. The molecule has 33 heavy (non-hydrogen) atoms. The molecule has 1 saturated heterocycles. The van der Waals surface area contributed by atoms with Crippen LogP contribution in [0.4, 0.5) is 5.82 Å². The fourth-order valence-electron chi connectivity index (χ4n) is 4.33. The van der Waals surface area contributed by atoms with E-state index in [0.717, 1.165) is 46.5 Å². The van der Waals surface area contributed by atoms with Gasteiger partial charge >= 0.3 is 0 Å². The number of anilines is 1. The van der Waals surface area contributed by atoms with E-state index in [1.807, 2.05) is 46.0 Å². The van der Waals surface area contributed by atoms with E-state index in [2.05, 4.69) is 37.4 Å². The van der Waals surface area contributed by atoms with Crippen LogP contribution < -0.4 is 5.32 Å². The molecule has 1 aliphatic carbocycles. The average Bonchev–Trinajstić information content (AvgIpc) is 3.23. The number of rotatable bonds is 5. The summed E-state index contributed by atoms with van der Waals surface area (Å²) < 4.78 is 2.67. The molecule has 0 radical (unpaired) electrons. The maximum absolute atomic E-state index is 12.9. The van der Waals surface area contributed by atoms with Gasteiger partial charge in [-0.1, -0.05) is 24.3 Å². The van der Waals surface area contributed by atoms with Crippen molar-refractivity contribution in [3.63, 3.8) is 0 Å². The molecular formula is C24H24BrClN6O. The maximum Gasteiger partial charge on any atom is 0.253 e. The van der Waals surface area contributed by atoms with Gasteiger partial charge in [-0.25, -0.2) is 4.98 Å². The number of pyridine rings is 1. The van der Waals surface area contributed by atoms with Crippen molar-refractivity contribution >= 4 is 44.9 Å². The minimum atomic E-state index is -0.103. The molecular weight excluding hydrogens is 504 g/mol. The predicted molar refractivity (Wildman–Crippen MR) is 132 cm³/mol. The number of piperidine rings is 1. The molecule has 5 rings (SSSR count). The number of hydrogen-bond donors (Lipinski definition) is 1. The molecule has 3 aromatic rings. The van der Waals surface area contributed by atoms with Crippen molar-refractivity contribution in [3.05, 3.63) is 76.3 Å². The normalized spacial score (nSPS) is 19.0. The van der Waals surface area contributed by atoms with Crippen molar-refractivity contribution in [2.24, 2.45) is 0 Å². The van der Waals surface area contributed by atoms with E-state index in [9.17, 15) is 4.79 Å². The van der Waals surface area contributed by atoms with Crippen molar-refractivity contribution in [1.82, 2.24) is 24.5 Å². The smallest absolute Gasteiger partial charge is 0.253 e. The summed E-state index contributed by atoms with van der Waals surface area (Å²) in [5.74, 6) is 1.22. The lowest BCUT2D eigenvalue weighted by atomic mass is 9.92. The topological polar surface area (TPSA) is 75.4 Å². The Kier molecular flexibility index (Phi) is 6.46. The van der Waals surface area contributed by atoms with Gasteiger partial charge in [0.15, 0.2) is 5.65 Å². The van der Waals surface area contributed by atoms with Gasteiger partial charge in [0.2, 0.25) is 0 Å². The van der Waals surface area contributed by atoms with Crippen molar-refractivity contribution in [2.75, 3.05) is 18.4 Å². The molecule has 170 valence electrons. The Morgan fingerprint density at radius 3 is 2.88 bits per heavy atom. The molecule has 1 unspecified atom stereocenters. The van der Waals surface area contributed by atoms with Gasteiger partial charge in [-0.2, -0.15) is 9.61 Å². The van der Waals surface area contributed by atoms with Crippen molar-refractivity contribution in [1.29, 1.82) is 0 Å². The Labute approximate surface area is 205 Å². The molecule has 7 nitrogen and oxygen atoms in total. The minimum Gasteiger partial charge on any atom is -0.366 e. The van der Waals surface area contributed by atoms with Crippen LogP contribution in [0.1, 0.15) is 36.4 Å². The van der Waals surface area contributed by atoms with Gasteiger partial charge in [-0.15, -0.1) is 11.6 Å². The molecule has 4 heterocycles. The Bertz CT molecular complexity index is 1220. The summed E-state index contributed by atoms with van der Waals surface area (Å²) in [6, 6.07) is 6.04. The number of hydrogen-bond acceptors (Lipinski definition) is 5. The monoisotopic (exact) mass is 526 g/mol. The highest BCUT2D eigenvalue weighted by Crippen LogP contribution is 2.31. The number of halogens is 2. The van der Waals surface area contributed by atoms with Gasteiger partial charge < -0.3 is 10.2 Å². The van der Waals surface area contributed by atoms with Crippen LogP contribution in [-0.4, -0.2) is 48.9 Å². The fraction of sp³-hybridized carbons (Fsp3) is 0.333. The van der Waals surface area contributed by atoms with E-state index < -0.39 is 0 Å². The zero-order valence-electron chi connectivity index (χ0n) is 18.0. The third-order valence-corrected chi connectivity index (χ3v) is 6.98. The molecule has 3 aromatic heterocycles. The van der Waals surface area contributed by atoms with Crippen LogP contribution in [0.15, 0.2) is 65.1 Å². The van der Waals surface area contributed by atoms with Crippen LogP contribution in [0.5, 0.6) is 0 Å². The number of allylic oxidation sites excluding steroid dienone is 2. The van der Waals surface area contributed by atoms with Gasteiger partial charge in [0, 0.05) is 55.3 Å². The number of amides is 1. The quantitative estimate of drug-likeness (QED) is 0.487. The lowest BCUT2D eigenvalue weighted by Gasteiger charge is -2.32. The second kappa shape index (κ2) is 9.65. The van der Waals surface area contributed by atoms with E-state index in [4.69, 9.17) is 16.6 Å². The zero-order chi connectivity index (χ0) is 22.8. The first kappa shape index (κ1) is 22.1. The summed E-state index contributed by atoms with van der Waals surface area (Å²) in [4.78, 5) is 23.9. The number of carbonyl (C=O) groups excluding carboxylic acids is 1. The van der Waals surface area contributed by atoms with E-state index >= 15 is 0 Å². The summed E-state index contributed by atoms with van der Waals surface area (Å²) in [5.41, 5.74) is 3.59. The van der Waals surface area contributed by atoms with E-state index in [1.54, 1.807) is 12.4 Å². The van der Waals surface area contributed by atoms with Crippen LogP contribution in [0.3, 0.4) is 0 Å². The molecule has 1 N–H and O–H groups in total. The van der Waals surface area contributed by atoms with Gasteiger partial charge in [0.1, 0.15) is 5.82 Å². The van der Waals surface area contributed by atoms with Crippen LogP contribution >= 0.6 is 27.5 Å². The Hall–Kier alpha value is -2.71. The summed E-state index contributed by atoms with van der Waals surface area (Å²) in [6.45, 7) is 2.04. The van der Waals surface area contributed by atoms with Crippen LogP contribution in [0, 0.1) is 0 Å². The number of nitrogens with zero attached hydrogens (tertiary/aromatic N) is 5. The van der Waals surface area contributed by atoms with Gasteiger partial charge in [0.25, 0.3) is 5.91 Å². The van der Waals surface area contributed by atoms with Crippen LogP contribution in [-0.2, 0) is 11.3 Å². The first-order valence-corrected chi connectivity index (χ1v) is 12.3. The molecule has 1 amide bonds. The molecule has 9 heteroatoms. The lowest BCUT2D eigenvalue weighted by molar-refractivity contribution is -0.127. The van der Waals surface area contributed by atoms with Crippen LogP contribution in [0.25, 0.3) is 5.65 Å². The Morgan fingerprint density at radius 1 is 1.27 bits per heavy atom. The highest BCUT2D eigenvalue weighted by atomic mass is 79.9. The van der Waals surface area contributed by atoms with Crippen molar-refractivity contribution in [3.8, 4) is 0 Å². The summed E-state index contributed by atoms with van der Waals surface area (Å²) in [7, 11) is 0. The number of likely N-dealkylation sites (tertiary alicyclic amines) is 1. The van der Waals surface area contributed by atoms with E-state index in [-0.39, 0.29) is 17.2 Å². The van der Waals surface area contributed by atoms with E-state index in [0.29, 0.717) is 25.2 Å². The van der Waals surface area contributed by atoms with E-state index in [1.165, 1.54) is 0 Å². The Morgan fingerprint density at radius 2 is 2.12 bits per heavy atom. The molecule has 1 atom stereocenters. The number of alkyl halides is 1. The number of fused-ring (bicyclic) bond motifs is 1. The molecule has 0 spiro atoms. The SMILES string of the molecule is O=C(C1=CC(Cl)CC=C1)N1CCC(c2cc(NCc3cccnc3)n3ncc(Br)c3n2)CC1. The van der Waals surface area contributed by atoms with Crippen molar-refractivity contribution in [2.45, 2.75) is 37.1 Å². The summed E-state index contributed by atoms with van der Waals surface area (Å²) >= 11 is 9.77.